The average molecular weight is 378 g/mol. The first-order valence-corrected chi connectivity index (χ1v) is 8.86. The van der Waals surface area contributed by atoms with Crippen LogP contribution in [0.4, 0.5) is 0 Å². The SMILES string of the molecule is Cc1onc(-c2ccccn2)c1C(=O)N1CCC(N2CCNCC2)C1.Cl. The van der Waals surface area contributed by atoms with Crippen LogP contribution in [0.3, 0.4) is 0 Å². The minimum Gasteiger partial charge on any atom is -0.360 e. The van der Waals surface area contributed by atoms with Crippen molar-refractivity contribution in [1.82, 2.24) is 25.3 Å². The molecule has 0 spiro atoms. The van der Waals surface area contributed by atoms with Gasteiger partial charge >= 0.3 is 0 Å². The van der Waals surface area contributed by atoms with Crippen molar-refractivity contribution >= 4 is 18.3 Å². The van der Waals surface area contributed by atoms with E-state index in [4.69, 9.17) is 4.52 Å². The zero-order valence-electron chi connectivity index (χ0n) is 14.9. The molecule has 2 aliphatic heterocycles. The van der Waals surface area contributed by atoms with Gasteiger partial charge in [-0.15, -0.1) is 12.4 Å². The molecule has 2 fully saturated rings. The maximum absolute atomic E-state index is 13.1. The van der Waals surface area contributed by atoms with Crippen LogP contribution in [0.5, 0.6) is 0 Å². The van der Waals surface area contributed by atoms with Gasteiger partial charge in [0.25, 0.3) is 5.91 Å². The number of carbonyl (C=O) groups is 1. The van der Waals surface area contributed by atoms with Crippen LogP contribution in [0.2, 0.25) is 0 Å². The van der Waals surface area contributed by atoms with Crippen LogP contribution in [0.1, 0.15) is 22.5 Å². The zero-order valence-corrected chi connectivity index (χ0v) is 15.7. The van der Waals surface area contributed by atoms with Crippen molar-refractivity contribution in [3.8, 4) is 11.4 Å². The van der Waals surface area contributed by atoms with Crippen LogP contribution in [0.25, 0.3) is 11.4 Å². The summed E-state index contributed by atoms with van der Waals surface area (Å²) in [5, 5.41) is 7.46. The second-order valence-electron chi connectivity index (χ2n) is 6.66. The molecule has 2 saturated heterocycles. The van der Waals surface area contributed by atoms with Gasteiger partial charge < -0.3 is 14.7 Å². The molecule has 2 aliphatic rings. The number of rotatable bonds is 3. The number of nitrogens with one attached hydrogen (secondary N) is 1. The van der Waals surface area contributed by atoms with E-state index in [1.165, 1.54) is 0 Å². The normalized spacial score (nSPS) is 20.8. The number of likely N-dealkylation sites (tertiary alicyclic amines) is 1. The van der Waals surface area contributed by atoms with Crippen LogP contribution in [-0.4, -0.2) is 71.2 Å². The van der Waals surface area contributed by atoms with Gasteiger partial charge in [-0.25, -0.2) is 0 Å². The summed E-state index contributed by atoms with van der Waals surface area (Å²) in [5.74, 6) is 0.549. The minimum atomic E-state index is -0.00274. The van der Waals surface area contributed by atoms with Gasteiger partial charge in [0.15, 0.2) is 0 Å². The Balaban J connectivity index is 0.00000196. The lowest BCUT2D eigenvalue weighted by Crippen LogP contribution is -2.49. The summed E-state index contributed by atoms with van der Waals surface area (Å²) in [6.45, 7) is 7.50. The molecule has 7 nitrogen and oxygen atoms in total. The minimum absolute atomic E-state index is 0. The van der Waals surface area contributed by atoms with E-state index in [2.05, 4.69) is 20.4 Å². The molecule has 1 N–H and O–H groups in total. The third kappa shape index (κ3) is 3.60. The van der Waals surface area contributed by atoms with Gasteiger partial charge in [0.2, 0.25) is 0 Å². The van der Waals surface area contributed by atoms with E-state index in [0.717, 1.165) is 45.7 Å². The highest BCUT2D eigenvalue weighted by molar-refractivity contribution is 6.00. The van der Waals surface area contributed by atoms with Gasteiger partial charge in [0.1, 0.15) is 17.0 Å². The number of hydrogen-bond acceptors (Lipinski definition) is 6. The highest BCUT2D eigenvalue weighted by atomic mass is 35.5. The summed E-state index contributed by atoms with van der Waals surface area (Å²) >= 11 is 0. The standard InChI is InChI=1S/C18H23N5O2.ClH/c1-13-16(17(21-25-13)15-4-2-3-6-20-15)18(24)23-9-5-14(12-23)22-10-7-19-8-11-22;/h2-4,6,14,19H,5,7-12H2,1H3;1H. The fraction of sp³-hybridized carbons (Fsp3) is 0.500. The number of carbonyl (C=O) groups excluding carboxylic acids is 1. The van der Waals surface area contributed by atoms with Crippen molar-refractivity contribution in [3.05, 3.63) is 35.7 Å². The summed E-state index contributed by atoms with van der Waals surface area (Å²) in [4.78, 5) is 21.8. The average Bonchev–Trinajstić information content (AvgIpc) is 3.30. The third-order valence-corrected chi connectivity index (χ3v) is 5.10. The van der Waals surface area contributed by atoms with E-state index >= 15 is 0 Å². The number of amides is 1. The van der Waals surface area contributed by atoms with Crippen molar-refractivity contribution in [2.75, 3.05) is 39.3 Å². The van der Waals surface area contributed by atoms with E-state index < -0.39 is 0 Å². The molecule has 26 heavy (non-hydrogen) atoms. The molecule has 1 atom stereocenters. The van der Waals surface area contributed by atoms with E-state index in [0.29, 0.717) is 28.8 Å². The number of pyridine rings is 1. The predicted octanol–water partition coefficient (Wildman–Crippen LogP) is 1.59. The second-order valence-corrected chi connectivity index (χ2v) is 6.66. The first-order valence-electron chi connectivity index (χ1n) is 8.86. The van der Waals surface area contributed by atoms with Crippen molar-refractivity contribution in [2.45, 2.75) is 19.4 Å². The molecule has 4 heterocycles. The molecular formula is C18H24ClN5O2. The van der Waals surface area contributed by atoms with Crippen LogP contribution >= 0.6 is 12.4 Å². The monoisotopic (exact) mass is 377 g/mol. The Morgan fingerprint density at radius 1 is 1.27 bits per heavy atom. The van der Waals surface area contributed by atoms with Gasteiger partial charge in [0, 0.05) is 51.5 Å². The first kappa shape index (κ1) is 18.8. The molecule has 2 aromatic heterocycles. The Morgan fingerprint density at radius 2 is 2.08 bits per heavy atom. The summed E-state index contributed by atoms with van der Waals surface area (Å²) in [6.07, 6.45) is 2.72. The number of aryl methyl sites for hydroxylation is 1. The lowest BCUT2D eigenvalue weighted by molar-refractivity contribution is 0.0772. The van der Waals surface area contributed by atoms with Crippen molar-refractivity contribution in [3.63, 3.8) is 0 Å². The molecule has 0 bridgehead atoms. The molecule has 0 radical (unpaired) electrons. The summed E-state index contributed by atoms with van der Waals surface area (Å²) in [5.41, 5.74) is 1.74. The van der Waals surface area contributed by atoms with Crippen LogP contribution in [-0.2, 0) is 0 Å². The molecular weight excluding hydrogens is 354 g/mol. The van der Waals surface area contributed by atoms with E-state index in [1.54, 1.807) is 13.1 Å². The van der Waals surface area contributed by atoms with Crippen LogP contribution in [0.15, 0.2) is 28.9 Å². The fourth-order valence-corrected chi connectivity index (χ4v) is 3.73. The summed E-state index contributed by atoms with van der Waals surface area (Å²) in [7, 11) is 0. The molecule has 2 aromatic rings. The smallest absolute Gasteiger partial charge is 0.259 e. The number of piperazine rings is 1. The van der Waals surface area contributed by atoms with E-state index in [1.807, 2.05) is 23.1 Å². The third-order valence-electron chi connectivity index (χ3n) is 5.10. The Morgan fingerprint density at radius 3 is 2.81 bits per heavy atom. The van der Waals surface area contributed by atoms with Crippen molar-refractivity contribution in [1.29, 1.82) is 0 Å². The van der Waals surface area contributed by atoms with Gasteiger partial charge in [-0.2, -0.15) is 0 Å². The Labute approximate surface area is 159 Å². The fourth-order valence-electron chi connectivity index (χ4n) is 3.73. The molecule has 1 amide bonds. The quantitative estimate of drug-likeness (QED) is 0.875. The topological polar surface area (TPSA) is 74.5 Å². The first-order chi connectivity index (χ1) is 12.2. The number of nitrogens with zero attached hydrogens (tertiary/aromatic N) is 4. The second kappa shape index (κ2) is 8.16. The van der Waals surface area contributed by atoms with Crippen molar-refractivity contribution < 1.29 is 9.32 Å². The molecule has 4 rings (SSSR count). The Hall–Kier alpha value is -1.96. The van der Waals surface area contributed by atoms with Gasteiger partial charge in [0.05, 0.1) is 5.69 Å². The van der Waals surface area contributed by atoms with Crippen molar-refractivity contribution in [2.24, 2.45) is 0 Å². The van der Waals surface area contributed by atoms with Gasteiger partial charge in [-0.3, -0.25) is 14.7 Å². The number of halogens is 1. The molecule has 140 valence electrons. The molecule has 0 aliphatic carbocycles. The maximum atomic E-state index is 13.1. The Bertz CT molecular complexity index is 745. The Kier molecular flexibility index (Phi) is 5.90. The lowest BCUT2D eigenvalue weighted by Gasteiger charge is -2.32. The molecule has 1 unspecified atom stereocenters. The molecule has 8 heteroatoms. The van der Waals surface area contributed by atoms with E-state index in [-0.39, 0.29) is 18.3 Å². The maximum Gasteiger partial charge on any atom is 0.259 e. The van der Waals surface area contributed by atoms with E-state index in [9.17, 15) is 4.79 Å². The molecule has 0 aromatic carbocycles. The highest BCUT2D eigenvalue weighted by Crippen LogP contribution is 2.27. The summed E-state index contributed by atoms with van der Waals surface area (Å²) < 4.78 is 5.32. The number of aromatic nitrogens is 2. The van der Waals surface area contributed by atoms with Crippen LogP contribution < -0.4 is 5.32 Å². The zero-order chi connectivity index (χ0) is 17.2. The summed E-state index contributed by atoms with van der Waals surface area (Å²) in [6, 6.07) is 6.03. The van der Waals surface area contributed by atoms with Gasteiger partial charge in [-0.05, 0) is 25.5 Å². The highest BCUT2D eigenvalue weighted by Gasteiger charge is 2.34. The predicted molar refractivity (Wildman–Crippen MR) is 100 cm³/mol. The number of hydrogen-bond donors (Lipinski definition) is 1. The van der Waals surface area contributed by atoms with Gasteiger partial charge in [-0.1, -0.05) is 11.2 Å². The van der Waals surface area contributed by atoms with Crippen LogP contribution in [0, 0.1) is 6.92 Å². The lowest BCUT2D eigenvalue weighted by atomic mass is 10.1. The largest absolute Gasteiger partial charge is 0.360 e. The molecule has 0 saturated carbocycles.